The third kappa shape index (κ3) is 4.95. The zero-order valence-electron chi connectivity index (χ0n) is 16.4. The van der Waals surface area contributed by atoms with Gasteiger partial charge in [-0.25, -0.2) is 14.4 Å². The third-order valence-electron chi connectivity index (χ3n) is 4.78. The van der Waals surface area contributed by atoms with E-state index in [2.05, 4.69) is 15.3 Å². The van der Waals surface area contributed by atoms with Gasteiger partial charge in [0.25, 0.3) is 0 Å². The van der Waals surface area contributed by atoms with Gasteiger partial charge in [-0.2, -0.15) is 0 Å². The van der Waals surface area contributed by atoms with E-state index in [4.69, 9.17) is 11.6 Å². The molecule has 0 bridgehead atoms. The minimum absolute atomic E-state index is 0.0353. The fraction of sp³-hybridized carbons (Fsp3) is 0.130. The largest absolute Gasteiger partial charge is 0.350 e. The van der Waals surface area contributed by atoms with Crippen LogP contribution in [0.25, 0.3) is 0 Å². The van der Waals surface area contributed by atoms with E-state index in [1.807, 2.05) is 12.1 Å². The maximum atomic E-state index is 13.3. The van der Waals surface area contributed by atoms with Crippen molar-refractivity contribution in [3.63, 3.8) is 0 Å². The number of halogens is 2. The van der Waals surface area contributed by atoms with Crippen molar-refractivity contribution in [2.45, 2.75) is 13.0 Å². The summed E-state index contributed by atoms with van der Waals surface area (Å²) in [5.74, 6) is -0.705. The van der Waals surface area contributed by atoms with Crippen LogP contribution >= 0.6 is 11.6 Å². The number of aromatic nitrogens is 1. The van der Waals surface area contributed by atoms with E-state index >= 15 is 0 Å². The molecule has 1 aliphatic heterocycles. The Morgan fingerprint density at radius 1 is 1.10 bits per heavy atom. The van der Waals surface area contributed by atoms with E-state index in [1.165, 1.54) is 17.0 Å². The number of anilines is 1. The van der Waals surface area contributed by atoms with Gasteiger partial charge >= 0.3 is 0 Å². The van der Waals surface area contributed by atoms with Crippen LogP contribution in [-0.4, -0.2) is 29.1 Å². The molecule has 0 radical (unpaired) electrons. The third-order valence-corrected chi connectivity index (χ3v) is 5.03. The minimum atomic E-state index is -0.370. The van der Waals surface area contributed by atoms with E-state index in [0.717, 1.165) is 5.56 Å². The number of hydrogen-bond donors (Lipinski definition) is 1. The summed E-state index contributed by atoms with van der Waals surface area (Å²) in [4.78, 5) is 35.8. The van der Waals surface area contributed by atoms with Crippen LogP contribution in [-0.2, 0) is 16.1 Å². The highest BCUT2D eigenvalue weighted by atomic mass is 35.5. The molecule has 8 heteroatoms. The van der Waals surface area contributed by atoms with Crippen molar-refractivity contribution >= 4 is 40.6 Å². The molecular formula is C23H18ClFN4O2. The maximum Gasteiger partial charge on any atom is 0.240 e. The summed E-state index contributed by atoms with van der Waals surface area (Å²) in [5.41, 5.74) is 2.49. The van der Waals surface area contributed by atoms with E-state index in [0.29, 0.717) is 34.3 Å². The maximum absolute atomic E-state index is 13.3. The second-order valence-electron chi connectivity index (χ2n) is 6.97. The zero-order valence-corrected chi connectivity index (χ0v) is 17.1. The average Bonchev–Trinajstić information content (AvgIpc) is 2.90. The number of rotatable bonds is 5. The molecule has 2 amide bonds. The highest BCUT2D eigenvalue weighted by Gasteiger charge is 2.27. The van der Waals surface area contributed by atoms with Crippen molar-refractivity contribution < 1.29 is 14.0 Å². The number of nitrogens with one attached hydrogen (secondary N) is 1. The number of pyridine rings is 1. The Morgan fingerprint density at radius 2 is 1.84 bits per heavy atom. The van der Waals surface area contributed by atoms with E-state index < -0.39 is 0 Å². The zero-order chi connectivity index (χ0) is 21.8. The van der Waals surface area contributed by atoms with Gasteiger partial charge in [-0.05, 0) is 47.5 Å². The van der Waals surface area contributed by atoms with Crippen LogP contribution in [0.4, 0.5) is 15.9 Å². The van der Waals surface area contributed by atoms with Crippen LogP contribution in [0.5, 0.6) is 0 Å². The summed E-state index contributed by atoms with van der Waals surface area (Å²) < 4.78 is 13.3. The fourth-order valence-electron chi connectivity index (χ4n) is 3.20. The molecule has 0 saturated carbocycles. The van der Waals surface area contributed by atoms with Gasteiger partial charge in [0.05, 0.1) is 12.1 Å². The Labute approximate surface area is 183 Å². The molecule has 0 spiro atoms. The van der Waals surface area contributed by atoms with E-state index in [1.54, 1.807) is 42.6 Å². The number of fused-ring (bicyclic) bond motifs is 1. The second-order valence-corrected chi connectivity index (χ2v) is 7.41. The number of nitrogens with zero attached hydrogens (tertiary/aromatic N) is 3. The summed E-state index contributed by atoms with van der Waals surface area (Å²) >= 11 is 5.88. The Kier molecular flexibility index (Phi) is 6.04. The van der Waals surface area contributed by atoms with Gasteiger partial charge in [-0.1, -0.05) is 35.9 Å². The average molecular weight is 437 g/mol. The first-order chi connectivity index (χ1) is 15.0. The second kappa shape index (κ2) is 9.06. The predicted molar refractivity (Wildman–Crippen MR) is 117 cm³/mol. The lowest BCUT2D eigenvalue weighted by Crippen LogP contribution is -2.41. The molecule has 0 saturated heterocycles. The molecule has 2 heterocycles. The number of benzene rings is 2. The number of carbonyl (C=O) groups is 2. The van der Waals surface area contributed by atoms with Crippen molar-refractivity contribution in [2.75, 3.05) is 11.4 Å². The molecule has 1 aromatic heterocycles. The molecule has 2 aromatic carbocycles. The molecular weight excluding hydrogens is 419 g/mol. The molecule has 156 valence electrons. The van der Waals surface area contributed by atoms with Gasteiger partial charge < -0.3 is 5.32 Å². The smallest absolute Gasteiger partial charge is 0.240 e. The summed E-state index contributed by atoms with van der Waals surface area (Å²) in [6.45, 7) is 0.118. The summed E-state index contributed by atoms with van der Waals surface area (Å²) in [5, 5.41) is 3.42. The number of hydrogen-bond acceptors (Lipinski definition) is 4. The van der Waals surface area contributed by atoms with Crippen LogP contribution in [0, 0.1) is 5.82 Å². The first-order valence-corrected chi connectivity index (χ1v) is 9.97. The summed E-state index contributed by atoms with van der Waals surface area (Å²) in [6, 6.07) is 16.4. The van der Waals surface area contributed by atoms with Crippen molar-refractivity contribution in [1.82, 2.24) is 10.3 Å². The lowest BCUT2D eigenvalue weighted by molar-refractivity contribution is -0.123. The summed E-state index contributed by atoms with van der Waals surface area (Å²) in [6.07, 6.45) is 1.51. The van der Waals surface area contributed by atoms with Crippen LogP contribution in [0.2, 0.25) is 5.02 Å². The first-order valence-electron chi connectivity index (χ1n) is 9.59. The topological polar surface area (TPSA) is 74.7 Å². The molecule has 0 unspecified atom stereocenters. The van der Waals surface area contributed by atoms with Crippen LogP contribution in [0.1, 0.15) is 17.5 Å². The lowest BCUT2D eigenvalue weighted by atomic mass is 10.1. The van der Waals surface area contributed by atoms with E-state index in [-0.39, 0.29) is 30.6 Å². The Hall–Kier alpha value is -3.58. The van der Waals surface area contributed by atoms with Crippen molar-refractivity contribution in [3.8, 4) is 0 Å². The quantitative estimate of drug-likeness (QED) is 0.655. The monoisotopic (exact) mass is 436 g/mol. The van der Waals surface area contributed by atoms with Gasteiger partial charge in [0.1, 0.15) is 18.0 Å². The highest BCUT2D eigenvalue weighted by molar-refractivity contribution is 6.30. The van der Waals surface area contributed by atoms with Gasteiger partial charge in [0.2, 0.25) is 11.8 Å². The number of carbonyl (C=O) groups excluding carboxylic acids is 2. The van der Waals surface area contributed by atoms with Gasteiger partial charge in [-0.15, -0.1) is 0 Å². The first kappa shape index (κ1) is 20.7. The molecule has 3 aromatic rings. The van der Waals surface area contributed by atoms with E-state index in [9.17, 15) is 14.0 Å². The summed E-state index contributed by atoms with van der Waals surface area (Å²) in [7, 11) is 0. The molecule has 1 N–H and O–H groups in total. The molecule has 6 nitrogen and oxygen atoms in total. The van der Waals surface area contributed by atoms with Crippen LogP contribution < -0.4 is 10.2 Å². The van der Waals surface area contributed by atoms with Crippen LogP contribution in [0.15, 0.2) is 71.9 Å². The minimum Gasteiger partial charge on any atom is -0.350 e. The standard InChI is InChI=1S/C23H18ClFN4O2/c24-17-7-3-15(4-8-17)13-27-21(30)14-29-22(31)12-20(16-5-9-18(25)10-6-16)28-19-2-1-11-26-23(19)29/h1-11H,12-14H2,(H,27,30). The molecule has 31 heavy (non-hydrogen) atoms. The lowest BCUT2D eigenvalue weighted by Gasteiger charge is -2.20. The highest BCUT2D eigenvalue weighted by Crippen LogP contribution is 2.30. The SMILES string of the molecule is O=C(CN1C(=O)CC(c2ccc(F)cc2)=Nc2cccnc21)NCc1ccc(Cl)cc1. The molecule has 4 rings (SSSR count). The Morgan fingerprint density at radius 3 is 2.58 bits per heavy atom. The van der Waals surface area contributed by atoms with Gasteiger partial charge in [-0.3, -0.25) is 14.5 Å². The normalized spacial score (nSPS) is 13.3. The Balaban J connectivity index is 1.53. The molecule has 1 aliphatic rings. The fourth-order valence-corrected chi connectivity index (χ4v) is 3.33. The molecule has 0 fully saturated rings. The van der Waals surface area contributed by atoms with Crippen molar-refractivity contribution in [2.24, 2.45) is 4.99 Å². The van der Waals surface area contributed by atoms with Crippen LogP contribution in [0.3, 0.4) is 0 Å². The predicted octanol–water partition coefficient (Wildman–Crippen LogP) is 4.05. The molecule has 0 atom stereocenters. The number of aliphatic imine (C=N–C) groups is 1. The molecule has 0 aliphatic carbocycles. The number of amides is 2. The van der Waals surface area contributed by atoms with Crippen molar-refractivity contribution in [3.05, 3.63) is 88.8 Å². The van der Waals surface area contributed by atoms with Gasteiger partial charge in [0, 0.05) is 17.8 Å². The Bertz CT molecular complexity index is 1150. The van der Waals surface area contributed by atoms with Crippen molar-refractivity contribution in [1.29, 1.82) is 0 Å². The van der Waals surface area contributed by atoms with Gasteiger partial charge in [0.15, 0.2) is 5.82 Å².